The Morgan fingerprint density at radius 2 is 1.76 bits per heavy atom. The summed E-state index contributed by atoms with van der Waals surface area (Å²) in [5.74, 6) is 1.44. The minimum Gasteiger partial charge on any atom is -0.493 e. The topological polar surface area (TPSA) is 38.8 Å². The van der Waals surface area contributed by atoms with Crippen molar-refractivity contribution in [1.82, 2.24) is 4.90 Å². The fraction of sp³-hybridized carbons (Fsp3) is 0.552. The van der Waals surface area contributed by atoms with Gasteiger partial charge in [-0.1, -0.05) is 55.0 Å². The first kappa shape index (κ1) is 22.1. The number of nitrogens with zero attached hydrogens (tertiary/aromatic N) is 2. The summed E-state index contributed by atoms with van der Waals surface area (Å²) in [6.07, 6.45) is 5.86. The summed E-state index contributed by atoms with van der Waals surface area (Å²) in [7, 11) is 0. The Bertz CT molecular complexity index is 1020. The first-order valence-corrected chi connectivity index (χ1v) is 13.1. The average molecular weight is 462 g/mol. The van der Waals surface area contributed by atoms with Crippen molar-refractivity contribution in [2.24, 2.45) is 5.92 Å². The van der Waals surface area contributed by atoms with Crippen LogP contribution in [0.4, 0.5) is 0 Å². The molecule has 1 spiro atoms. The van der Waals surface area contributed by atoms with Crippen molar-refractivity contribution in [1.29, 1.82) is 0 Å². The van der Waals surface area contributed by atoms with Gasteiger partial charge in [0, 0.05) is 12.8 Å². The molecule has 5 nitrogen and oxygen atoms in total. The van der Waals surface area contributed by atoms with E-state index in [1.165, 1.54) is 19.4 Å². The van der Waals surface area contributed by atoms with E-state index in [9.17, 15) is 4.79 Å². The van der Waals surface area contributed by atoms with Gasteiger partial charge in [0.15, 0.2) is 11.6 Å². The molecular weight excluding hydrogens is 424 g/mol. The number of esters is 1. The first-order chi connectivity index (χ1) is 16.6. The monoisotopic (exact) mass is 461 g/mol. The summed E-state index contributed by atoms with van der Waals surface area (Å²) < 4.78 is 13.5. The smallest absolute Gasteiger partial charge is 0.331 e. The van der Waals surface area contributed by atoms with E-state index in [-0.39, 0.29) is 12.1 Å². The number of quaternary nitrogens is 1. The highest BCUT2D eigenvalue weighted by Crippen LogP contribution is 2.72. The van der Waals surface area contributed by atoms with E-state index in [1.54, 1.807) is 0 Å². The molecule has 5 atom stereocenters. The van der Waals surface area contributed by atoms with Crippen LogP contribution in [0.5, 0.6) is 5.75 Å². The second kappa shape index (κ2) is 8.39. The molecule has 1 saturated carbocycles. The number of para-hydroxylation sites is 1. The molecule has 5 heteroatoms. The van der Waals surface area contributed by atoms with E-state index in [0.717, 1.165) is 67.8 Å². The zero-order chi connectivity index (χ0) is 23.2. The van der Waals surface area contributed by atoms with Gasteiger partial charge in [-0.2, -0.15) is 0 Å². The van der Waals surface area contributed by atoms with Crippen LogP contribution < -0.4 is 4.74 Å². The van der Waals surface area contributed by atoms with Gasteiger partial charge in [0.25, 0.3) is 0 Å². The molecule has 3 unspecified atom stereocenters. The number of hydrogen-bond acceptors (Lipinski definition) is 4. The third kappa shape index (κ3) is 3.56. The molecule has 3 saturated heterocycles. The van der Waals surface area contributed by atoms with Crippen LogP contribution in [0, 0.1) is 5.92 Å². The van der Waals surface area contributed by atoms with E-state index in [1.807, 2.05) is 48.5 Å². The van der Waals surface area contributed by atoms with Crippen LogP contribution in [0.3, 0.4) is 0 Å². The lowest BCUT2D eigenvalue weighted by molar-refractivity contribution is -0.815. The van der Waals surface area contributed by atoms with Gasteiger partial charge in [-0.25, -0.2) is 4.79 Å². The molecule has 4 fully saturated rings. The fourth-order valence-electron chi connectivity index (χ4n) is 7.11. The zero-order valence-corrected chi connectivity index (χ0v) is 20.3. The summed E-state index contributed by atoms with van der Waals surface area (Å²) in [6.45, 7) is 8.11. The van der Waals surface area contributed by atoms with Crippen molar-refractivity contribution in [3.8, 4) is 5.75 Å². The molecule has 180 valence electrons. The van der Waals surface area contributed by atoms with E-state index in [2.05, 4.69) is 24.0 Å². The highest BCUT2D eigenvalue weighted by atomic mass is 16.6. The molecule has 3 aliphatic heterocycles. The number of rotatable bonds is 9. The standard InChI is InChI=1S/C29H37N2O3/c1-28(23-12-5-2-6-13-23,30-16-9-4-10-17-30)27(32)34-26-21-31(22-29(31)20-25(26)29)18-11-19-33-24-14-7-3-8-15-24/h2-3,5-8,12-15,25-26H,4,9-11,16-22H2,1H3/q+1/t25?,26-,28+,29?,31?/m0/s1. The highest BCUT2D eigenvalue weighted by Gasteiger charge is 2.90. The molecule has 34 heavy (non-hydrogen) atoms. The first-order valence-electron chi connectivity index (χ1n) is 13.1. The van der Waals surface area contributed by atoms with Gasteiger partial charge in [-0.15, -0.1) is 0 Å². The predicted molar refractivity (Wildman–Crippen MR) is 131 cm³/mol. The molecule has 0 radical (unpaired) electrons. The van der Waals surface area contributed by atoms with E-state index < -0.39 is 5.54 Å². The van der Waals surface area contributed by atoms with Gasteiger partial charge < -0.3 is 14.0 Å². The molecule has 0 amide bonds. The van der Waals surface area contributed by atoms with Crippen LogP contribution in [0.2, 0.25) is 0 Å². The predicted octanol–water partition coefficient (Wildman–Crippen LogP) is 4.37. The minimum absolute atomic E-state index is 0.0549. The maximum Gasteiger partial charge on any atom is 0.331 e. The van der Waals surface area contributed by atoms with Crippen LogP contribution in [-0.4, -0.2) is 66.3 Å². The second-order valence-corrected chi connectivity index (χ2v) is 11.1. The van der Waals surface area contributed by atoms with Crippen LogP contribution >= 0.6 is 0 Å². The third-order valence-corrected chi connectivity index (χ3v) is 9.22. The van der Waals surface area contributed by atoms with E-state index >= 15 is 0 Å². The Morgan fingerprint density at radius 3 is 2.50 bits per heavy atom. The molecular formula is C29H37N2O3+. The maximum absolute atomic E-state index is 13.8. The number of ether oxygens (including phenoxy) is 2. The van der Waals surface area contributed by atoms with Crippen molar-refractivity contribution in [2.45, 2.75) is 56.2 Å². The second-order valence-electron chi connectivity index (χ2n) is 11.1. The Labute approximate surface area is 203 Å². The number of hydrogen-bond donors (Lipinski definition) is 0. The molecule has 2 aromatic carbocycles. The SMILES string of the molecule is C[C@](C(=O)O[C@H]1C[N+]2(CCCOc3ccccc3)CC23CC13)(c1ccccc1)N1CCCCC1. The lowest BCUT2D eigenvalue weighted by Crippen LogP contribution is -2.53. The van der Waals surface area contributed by atoms with E-state index in [0.29, 0.717) is 11.5 Å². The number of carbonyl (C=O) groups excluding carboxylic acids is 1. The molecule has 3 heterocycles. The zero-order valence-electron chi connectivity index (χ0n) is 20.3. The van der Waals surface area contributed by atoms with Gasteiger partial charge in [-0.05, 0) is 50.6 Å². The van der Waals surface area contributed by atoms with Crippen molar-refractivity contribution < 1.29 is 18.8 Å². The average Bonchev–Trinajstić information content (AvgIpc) is 3.76. The summed E-state index contributed by atoms with van der Waals surface area (Å²) in [6, 6.07) is 20.3. The molecule has 6 rings (SSSR count). The lowest BCUT2D eigenvalue weighted by Gasteiger charge is -2.42. The Morgan fingerprint density at radius 1 is 1.06 bits per heavy atom. The summed E-state index contributed by atoms with van der Waals surface area (Å²) in [5, 5.41) is 0. The van der Waals surface area contributed by atoms with Crippen molar-refractivity contribution in [3.63, 3.8) is 0 Å². The summed E-state index contributed by atoms with van der Waals surface area (Å²) >= 11 is 0. The van der Waals surface area contributed by atoms with Gasteiger partial charge in [0.05, 0.1) is 19.1 Å². The summed E-state index contributed by atoms with van der Waals surface area (Å²) in [4.78, 5) is 16.2. The van der Waals surface area contributed by atoms with Crippen LogP contribution in [0.15, 0.2) is 60.7 Å². The Kier molecular flexibility index (Phi) is 5.45. The lowest BCUT2D eigenvalue weighted by atomic mass is 9.88. The quantitative estimate of drug-likeness (QED) is 0.241. The number of carbonyl (C=O) groups is 1. The third-order valence-electron chi connectivity index (χ3n) is 9.22. The fourth-order valence-corrected chi connectivity index (χ4v) is 7.11. The molecule has 4 aliphatic rings. The molecule has 2 aromatic rings. The maximum atomic E-state index is 13.8. The Hall–Kier alpha value is -2.37. The molecule has 0 bridgehead atoms. The normalized spacial score (nSPS) is 33.3. The molecule has 1 aliphatic carbocycles. The highest BCUT2D eigenvalue weighted by molar-refractivity contribution is 5.82. The molecule has 0 N–H and O–H groups in total. The Balaban J connectivity index is 1.10. The van der Waals surface area contributed by atoms with Crippen LogP contribution in [0.1, 0.15) is 44.6 Å². The van der Waals surface area contributed by atoms with Crippen LogP contribution in [-0.2, 0) is 15.1 Å². The van der Waals surface area contributed by atoms with E-state index in [4.69, 9.17) is 9.47 Å². The largest absolute Gasteiger partial charge is 0.493 e. The van der Waals surface area contributed by atoms with Crippen molar-refractivity contribution in [2.75, 3.05) is 39.3 Å². The van der Waals surface area contributed by atoms with Crippen molar-refractivity contribution in [3.05, 3.63) is 66.2 Å². The van der Waals surface area contributed by atoms with Gasteiger partial charge in [-0.3, -0.25) is 4.90 Å². The van der Waals surface area contributed by atoms with Crippen LogP contribution in [0.25, 0.3) is 0 Å². The van der Waals surface area contributed by atoms with Gasteiger partial charge in [0.2, 0.25) is 0 Å². The van der Waals surface area contributed by atoms with Crippen molar-refractivity contribution >= 4 is 5.97 Å². The number of likely N-dealkylation sites (tertiary alicyclic amines) is 1. The molecule has 0 aromatic heterocycles. The number of benzene rings is 2. The summed E-state index contributed by atoms with van der Waals surface area (Å²) in [5.41, 5.74) is 0.754. The van der Waals surface area contributed by atoms with Gasteiger partial charge in [0.1, 0.15) is 24.4 Å². The minimum atomic E-state index is -0.708. The van der Waals surface area contributed by atoms with Gasteiger partial charge >= 0.3 is 5.97 Å². The number of piperidine rings is 3.